The highest BCUT2D eigenvalue weighted by Crippen LogP contribution is 2.12. The van der Waals surface area contributed by atoms with Crippen molar-refractivity contribution in [2.24, 2.45) is 0 Å². The number of aryl methyl sites for hydroxylation is 4. The fourth-order valence-corrected chi connectivity index (χ4v) is 2.55. The minimum atomic E-state index is 1.26. The van der Waals surface area contributed by atoms with Gasteiger partial charge in [0.2, 0.25) is 0 Å². The zero-order valence-corrected chi connectivity index (χ0v) is 12.8. The lowest BCUT2D eigenvalue weighted by atomic mass is 10.1. The molecule has 0 nitrogen and oxygen atoms in total. The zero-order valence-electron chi connectivity index (χ0n) is 12.8. The molecule has 20 heavy (non-hydrogen) atoms. The van der Waals surface area contributed by atoms with Crippen LogP contribution in [-0.2, 0) is 0 Å². The molecule has 0 unspecified atom stereocenters. The van der Waals surface area contributed by atoms with Gasteiger partial charge in [0.25, 0.3) is 0 Å². The highest BCUT2D eigenvalue weighted by atomic mass is 14.0. The lowest BCUT2D eigenvalue weighted by Crippen LogP contribution is -1.80. The summed E-state index contributed by atoms with van der Waals surface area (Å²) in [4.78, 5) is 0. The molecular weight excluding hydrogens is 240 g/mol. The first kappa shape index (κ1) is 14.3. The maximum Gasteiger partial charge on any atom is -0.0251 e. The van der Waals surface area contributed by atoms with E-state index in [2.05, 4.69) is 88.4 Å². The van der Waals surface area contributed by atoms with Crippen molar-refractivity contribution in [2.45, 2.75) is 27.7 Å². The number of hydrogen-bond acceptors (Lipinski definition) is 0. The Bertz CT molecular complexity index is 558. The van der Waals surface area contributed by atoms with Crippen LogP contribution >= 0.6 is 0 Å². The van der Waals surface area contributed by atoms with Crippen molar-refractivity contribution in [3.63, 3.8) is 0 Å². The Morgan fingerprint density at radius 3 is 1.10 bits per heavy atom. The highest BCUT2D eigenvalue weighted by Gasteiger charge is 1.92. The summed E-state index contributed by atoms with van der Waals surface area (Å²) in [6.45, 7) is 8.54. The van der Waals surface area contributed by atoms with Gasteiger partial charge < -0.3 is 0 Å². The van der Waals surface area contributed by atoms with Crippen LogP contribution in [0, 0.1) is 27.7 Å². The van der Waals surface area contributed by atoms with E-state index in [0.29, 0.717) is 0 Å². The van der Waals surface area contributed by atoms with E-state index in [1.807, 2.05) is 0 Å². The molecule has 2 aromatic rings. The van der Waals surface area contributed by atoms with Crippen LogP contribution in [0.4, 0.5) is 0 Å². The third-order valence-electron chi connectivity index (χ3n) is 3.18. The predicted octanol–water partition coefficient (Wildman–Crippen LogP) is 5.65. The second-order valence-electron chi connectivity index (χ2n) is 5.56. The van der Waals surface area contributed by atoms with Gasteiger partial charge >= 0.3 is 0 Å². The minimum Gasteiger partial charge on any atom is -0.0617 e. The monoisotopic (exact) mass is 262 g/mol. The van der Waals surface area contributed by atoms with Gasteiger partial charge in [-0.05, 0) is 38.8 Å². The van der Waals surface area contributed by atoms with E-state index in [-0.39, 0.29) is 0 Å². The van der Waals surface area contributed by atoms with Gasteiger partial charge in [0.1, 0.15) is 0 Å². The molecule has 2 aromatic carbocycles. The average molecular weight is 262 g/mol. The van der Waals surface area contributed by atoms with E-state index in [9.17, 15) is 0 Å². The minimum absolute atomic E-state index is 1.26. The summed E-state index contributed by atoms with van der Waals surface area (Å²) in [6.07, 6.45) is 8.51. The number of benzene rings is 2. The molecule has 0 saturated heterocycles. The van der Waals surface area contributed by atoms with Crippen LogP contribution in [0.1, 0.15) is 33.4 Å². The Morgan fingerprint density at radius 1 is 0.500 bits per heavy atom. The highest BCUT2D eigenvalue weighted by molar-refractivity contribution is 5.58. The Kier molecular flexibility index (Phi) is 4.57. The van der Waals surface area contributed by atoms with Gasteiger partial charge in [0.15, 0.2) is 0 Å². The van der Waals surface area contributed by atoms with Crippen molar-refractivity contribution >= 4 is 12.2 Å². The third kappa shape index (κ3) is 4.24. The fourth-order valence-electron chi connectivity index (χ4n) is 2.55. The molecule has 102 valence electrons. The first-order valence-electron chi connectivity index (χ1n) is 7.04. The summed E-state index contributed by atoms with van der Waals surface area (Å²) in [5.74, 6) is 0. The Balaban J connectivity index is 2.10. The third-order valence-corrected chi connectivity index (χ3v) is 3.18. The maximum atomic E-state index is 2.20. The van der Waals surface area contributed by atoms with Gasteiger partial charge in [-0.25, -0.2) is 0 Å². The first-order chi connectivity index (χ1) is 9.52. The molecule has 0 aromatic heterocycles. The predicted molar refractivity (Wildman–Crippen MR) is 89.9 cm³/mol. The quantitative estimate of drug-likeness (QED) is 0.627. The van der Waals surface area contributed by atoms with Crippen LogP contribution in [-0.4, -0.2) is 0 Å². The van der Waals surface area contributed by atoms with E-state index >= 15 is 0 Å². The molecule has 0 aliphatic rings. The van der Waals surface area contributed by atoms with Gasteiger partial charge in [-0.3, -0.25) is 0 Å². The summed E-state index contributed by atoms with van der Waals surface area (Å²) in [7, 11) is 0. The first-order valence-corrected chi connectivity index (χ1v) is 7.04. The van der Waals surface area contributed by atoms with Crippen molar-refractivity contribution < 1.29 is 0 Å². The van der Waals surface area contributed by atoms with Crippen LogP contribution < -0.4 is 0 Å². The summed E-state index contributed by atoms with van der Waals surface area (Å²) in [5.41, 5.74) is 7.75. The second kappa shape index (κ2) is 6.38. The molecule has 0 N–H and O–H groups in total. The second-order valence-corrected chi connectivity index (χ2v) is 5.56. The van der Waals surface area contributed by atoms with E-state index in [1.165, 1.54) is 33.4 Å². The van der Waals surface area contributed by atoms with Crippen molar-refractivity contribution in [1.82, 2.24) is 0 Å². The molecule has 0 radical (unpaired) electrons. The normalized spacial score (nSPS) is 11.6. The molecule has 0 spiro atoms. The average Bonchev–Trinajstić information content (AvgIpc) is 2.32. The van der Waals surface area contributed by atoms with E-state index in [4.69, 9.17) is 0 Å². The number of rotatable bonds is 3. The summed E-state index contributed by atoms with van der Waals surface area (Å²) in [5, 5.41) is 0. The Morgan fingerprint density at radius 2 is 0.800 bits per heavy atom. The molecule has 0 bridgehead atoms. The lowest BCUT2D eigenvalue weighted by molar-refractivity contribution is 1.37. The van der Waals surface area contributed by atoms with Crippen LogP contribution in [0.5, 0.6) is 0 Å². The Labute approximate surface area is 122 Å². The topological polar surface area (TPSA) is 0 Å². The number of allylic oxidation sites excluding steroid dienone is 2. The van der Waals surface area contributed by atoms with Crippen LogP contribution in [0.15, 0.2) is 48.6 Å². The molecule has 0 amide bonds. The lowest BCUT2D eigenvalue weighted by Gasteiger charge is -2.00. The summed E-state index contributed by atoms with van der Waals surface area (Å²) < 4.78 is 0. The molecule has 0 heterocycles. The summed E-state index contributed by atoms with van der Waals surface area (Å²) in [6, 6.07) is 13.2. The molecule has 0 aliphatic carbocycles. The van der Waals surface area contributed by atoms with Crippen LogP contribution in [0.3, 0.4) is 0 Å². The molecule has 0 heteroatoms. The molecular formula is C20H22. The van der Waals surface area contributed by atoms with Gasteiger partial charge in [-0.1, -0.05) is 83.0 Å². The van der Waals surface area contributed by atoms with Crippen molar-refractivity contribution in [3.05, 3.63) is 81.9 Å². The van der Waals surface area contributed by atoms with Gasteiger partial charge in [0.05, 0.1) is 0 Å². The van der Waals surface area contributed by atoms with Crippen molar-refractivity contribution in [3.8, 4) is 0 Å². The van der Waals surface area contributed by atoms with Gasteiger partial charge in [-0.2, -0.15) is 0 Å². The SMILES string of the molecule is Cc1cc(C)cc(C=CC=Cc2cc(C)cc(C)c2)c1. The van der Waals surface area contributed by atoms with Gasteiger partial charge in [0, 0.05) is 0 Å². The van der Waals surface area contributed by atoms with E-state index < -0.39 is 0 Å². The maximum absolute atomic E-state index is 2.20. The largest absolute Gasteiger partial charge is 0.0617 e. The smallest absolute Gasteiger partial charge is 0.0251 e. The number of hydrogen-bond donors (Lipinski definition) is 0. The van der Waals surface area contributed by atoms with Gasteiger partial charge in [-0.15, -0.1) is 0 Å². The fraction of sp³-hybridized carbons (Fsp3) is 0.200. The van der Waals surface area contributed by atoms with Crippen molar-refractivity contribution in [1.29, 1.82) is 0 Å². The Hall–Kier alpha value is -2.08. The van der Waals surface area contributed by atoms with Crippen molar-refractivity contribution in [2.75, 3.05) is 0 Å². The van der Waals surface area contributed by atoms with E-state index in [1.54, 1.807) is 0 Å². The zero-order chi connectivity index (χ0) is 14.5. The standard InChI is InChI=1S/C20H22/c1-15-9-16(2)12-19(11-15)7-5-6-8-20-13-17(3)10-18(4)14-20/h5-14H,1-4H3. The summed E-state index contributed by atoms with van der Waals surface area (Å²) >= 11 is 0. The molecule has 0 aliphatic heterocycles. The molecule has 0 atom stereocenters. The van der Waals surface area contributed by atoms with Crippen LogP contribution in [0.25, 0.3) is 12.2 Å². The molecule has 0 fully saturated rings. The van der Waals surface area contributed by atoms with Crippen LogP contribution in [0.2, 0.25) is 0 Å². The molecule has 0 saturated carbocycles. The van der Waals surface area contributed by atoms with E-state index in [0.717, 1.165) is 0 Å². The molecule has 2 rings (SSSR count).